The van der Waals surface area contributed by atoms with Crippen molar-refractivity contribution in [2.75, 3.05) is 13.2 Å². The van der Waals surface area contributed by atoms with E-state index < -0.39 is 29.4 Å². The Morgan fingerprint density at radius 2 is 2.13 bits per heavy atom. The van der Waals surface area contributed by atoms with Crippen LogP contribution in [0, 0.1) is 11.8 Å². The van der Waals surface area contributed by atoms with Gasteiger partial charge in [0.05, 0.1) is 30.7 Å². The number of fused-ring (bicyclic) bond motifs is 1. The number of nitrogens with zero attached hydrogens (tertiary/aromatic N) is 1. The summed E-state index contributed by atoms with van der Waals surface area (Å²) >= 11 is 0. The number of esters is 1. The number of amides is 2. The summed E-state index contributed by atoms with van der Waals surface area (Å²) in [6, 6.07) is 2.92. The zero-order valence-corrected chi connectivity index (χ0v) is 13.4. The van der Waals surface area contributed by atoms with E-state index in [0.717, 1.165) is 0 Å². The number of furan rings is 1. The Labute approximate surface area is 134 Å². The Balaban J connectivity index is 2.06. The average molecular weight is 320 g/mol. The highest BCUT2D eigenvalue weighted by Crippen LogP contribution is 2.48. The molecule has 2 aliphatic heterocycles. The van der Waals surface area contributed by atoms with Gasteiger partial charge in [0.25, 0.3) is 0 Å². The molecule has 7 heteroatoms. The molecule has 23 heavy (non-hydrogen) atoms. The molecule has 7 nitrogen and oxygen atoms in total. The normalized spacial score (nSPS) is 33.2. The Morgan fingerprint density at radius 3 is 2.70 bits per heavy atom. The summed E-state index contributed by atoms with van der Waals surface area (Å²) in [6.45, 7) is 5.56. The summed E-state index contributed by atoms with van der Waals surface area (Å²) in [6.07, 6.45) is 1.50. The number of likely N-dealkylation sites (tertiary alicyclic amines) is 1. The summed E-state index contributed by atoms with van der Waals surface area (Å²) in [7, 11) is 0. The Morgan fingerprint density at radius 1 is 1.39 bits per heavy atom. The van der Waals surface area contributed by atoms with Gasteiger partial charge in [-0.05, 0) is 32.9 Å². The van der Waals surface area contributed by atoms with Gasteiger partial charge < -0.3 is 9.15 Å². The summed E-state index contributed by atoms with van der Waals surface area (Å²) < 4.78 is 10.6. The van der Waals surface area contributed by atoms with Crippen LogP contribution in [0.2, 0.25) is 0 Å². The van der Waals surface area contributed by atoms with Crippen LogP contribution in [0.5, 0.6) is 0 Å². The number of imide groups is 1. The largest absolute Gasteiger partial charge is 0.468 e. The van der Waals surface area contributed by atoms with Gasteiger partial charge in [-0.2, -0.15) is 0 Å². The van der Waals surface area contributed by atoms with Gasteiger partial charge in [-0.1, -0.05) is 0 Å². The first-order valence-electron chi connectivity index (χ1n) is 7.79. The minimum atomic E-state index is -1.26. The van der Waals surface area contributed by atoms with Crippen molar-refractivity contribution in [1.82, 2.24) is 10.2 Å². The third-order valence-electron chi connectivity index (χ3n) is 4.74. The number of hydrogen-bond acceptors (Lipinski definition) is 6. The molecule has 2 aliphatic rings. The molecule has 0 unspecified atom stereocenters. The number of ether oxygens (including phenoxy) is 1. The van der Waals surface area contributed by atoms with Gasteiger partial charge in [0.1, 0.15) is 11.3 Å². The quantitative estimate of drug-likeness (QED) is 0.654. The highest BCUT2D eigenvalue weighted by molar-refractivity contribution is 6.09. The summed E-state index contributed by atoms with van der Waals surface area (Å²) in [5, 5.41) is 3.13. The van der Waals surface area contributed by atoms with E-state index in [9.17, 15) is 14.4 Å². The highest BCUT2D eigenvalue weighted by Gasteiger charge is 2.67. The first kappa shape index (κ1) is 15.7. The van der Waals surface area contributed by atoms with E-state index in [1.54, 1.807) is 32.9 Å². The van der Waals surface area contributed by atoms with Crippen molar-refractivity contribution in [3.05, 3.63) is 24.2 Å². The molecule has 3 rings (SSSR count). The molecule has 124 valence electrons. The van der Waals surface area contributed by atoms with Crippen molar-refractivity contribution in [3.63, 3.8) is 0 Å². The molecule has 4 atom stereocenters. The Hall–Kier alpha value is -2.15. The third-order valence-corrected chi connectivity index (χ3v) is 4.74. The number of nitrogens with one attached hydrogen (secondary N) is 1. The second kappa shape index (κ2) is 5.49. The topological polar surface area (TPSA) is 88.8 Å². The van der Waals surface area contributed by atoms with Crippen molar-refractivity contribution in [1.29, 1.82) is 0 Å². The first-order chi connectivity index (χ1) is 11.0. The molecule has 1 aromatic heterocycles. The fourth-order valence-corrected chi connectivity index (χ4v) is 3.69. The van der Waals surface area contributed by atoms with Crippen molar-refractivity contribution in [3.8, 4) is 0 Å². The van der Waals surface area contributed by atoms with Gasteiger partial charge in [-0.25, -0.2) is 0 Å². The maximum absolute atomic E-state index is 12.7. The van der Waals surface area contributed by atoms with E-state index in [0.29, 0.717) is 5.76 Å². The lowest BCUT2D eigenvalue weighted by molar-refractivity contribution is -0.155. The Kier molecular flexibility index (Phi) is 3.75. The molecule has 1 aromatic rings. The molecule has 2 fully saturated rings. The van der Waals surface area contributed by atoms with E-state index in [1.807, 2.05) is 0 Å². The SMILES string of the molecule is CCOC(=O)[C@]1(C)N[C@H](c2ccco2)[C@@H]2C(=O)N(CC)C(=O)[C@H]21. The minimum Gasteiger partial charge on any atom is -0.468 e. The van der Waals surface area contributed by atoms with E-state index in [-0.39, 0.29) is 25.0 Å². The van der Waals surface area contributed by atoms with Gasteiger partial charge in [0.2, 0.25) is 11.8 Å². The van der Waals surface area contributed by atoms with Gasteiger partial charge in [-0.3, -0.25) is 24.6 Å². The summed E-state index contributed by atoms with van der Waals surface area (Å²) in [5.74, 6) is -2.05. The van der Waals surface area contributed by atoms with Crippen LogP contribution >= 0.6 is 0 Å². The van der Waals surface area contributed by atoms with E-state index >= 15 is 0 Å². The molecule has 2 amide bonds. The minimum absolute atomic E-state index is 0.207. The molecule has 0 radical (unpaired) electrons. The van der Waals surface area contributed by atoms with Gasteiger partial charge in [-0.15, -0.1) is 0 Å². The third kappa shape index (κ3) is 2.10. The van der Waals surface area contributed by atoms with Gasteiger partial charge in [0.15, 0.2) is 0 Å². The summed E-state index contributed by atoms with van der Waals surface area (Å²) in [4.78, 5) is 39.1. The second-order valence-electron chi connectivity index (χ2n) is 5.98. The standard InChI is InChI=1S/C16H20N2O5/c1-4-18-13(19)10-11(14(18)20)16(3,15(21)22-5-2)17-12(10)9-7-6-8-23-9/h6-8,10-12,17H,4-5H2,1-3H3/t10-,11+,12-,16-/m1/s1. The molecular weight excluding hydrogens is 300 g/mol. The number of carbonyl (C=O) groups excluding carboxylic acids is 3. The molecule has 0 saturated carbocycles. The molecule has 0 aliphatic carbocycles. The van der Waals surface area contributed by atoms with Crippen LogP contribution in [0.4, 0.5) is 0 Å². The fourth-order valence-electron chi connectivity index (χ4n) is 3.69. The zero-order valence-electron chi connectivity index (χ0n) is 13.4. The predicted octanol–water partition coefficient (Wildman–Crippen LogP) is 0.867. The zero-order chi connectivity index (χ0) is 16.8. The van der Waals surface area contributed by atoms with Crippen molar-refractivity contribution in [2.45, 2.75) is 32.4 Å². The first-order valence-corrected chi connectivity index (χ1v) is 7.79. The molecule has 2 saturated heterocycles. The van der Waals surface area contributed by atoms with Crippen LogP contribution < -0.4 is 5.32 Å². The van der Waals surface area contributed by atoms with Gasteiger partial charge in [0, 0.05) is 6.54 Å². The predicted molar refractivity (Wildman–Crippen MR) is 79.0 cm³/mol. The smallest absolute Gasteiger partial charge is 0.326 e. The van der Waals surface area contributed by atoms with Crippen molar-refractivity contribution in [2.24, 2.45) is 11.8 Å². The molecule has 0 spiro atoms. The maximum atomic E-state index is 12.7. The number of hydrogen-bond donors (Lipinski definition) is 1. The molecular formula is C16H20N2O5. The van der Waals surface area contributed by atoms with E-state index in [4.69, 9.17) is 9.15 Å². The van der Waals surface area contributed by atoms with Crippen LogP contribution in [0.1, 0.15) is 32.6 Å². The average Bonchev–Trinajstić information content (AvgIpc) is 3.18. The lowest BCUT2D eigenvalue weighted by atomic mass is 9.81. The van der Waals surface area contributed by atoms with Gasteiger partial charge >= 0.3 is 5.97 Å². The number of carbonyl (C=O) groups is 3. The van der Waals surface area contributed by atoms with E-state index in [1.165, 1.54) is 11.2 Å². The lowest BCUT2D eigenvalue weighted by Crippen LogP contribution is -2.54. The Bertz CT molecular complexity index is 641. The van der Waals surface area contributed by atoms with E-state index in [2.05, 4.69) is 5.32 Å². The number of rotatable bonds is 4. The molecule has 0 aromatic carbocycles. The van der Waals surface area contributed by atoms with Crippen LogP contribution in [0.25, 0.3) is 0 Å². The molecule has 0 bridgehead atoms. The van der Waals surface area contributed by atoms with Crippen LogP contribution in [0.15, 0.2) is 22.8 Å². The molecule has 1 N–H and O–H groups in total. The van der Waals surface area contributed by atoms with Crippen molar-refractivity contribution < 1.29 is 23.5 Å². The summed E-state index contributed by atoms with van der Waals surface area (Å²) in [5.41, 5.74) is -1.26. The maximum Gasteiger partial charge on any atom is 0.326 e. The lowest BCUT2D eigenvalue weighted by Gasteiger charge is -2.28. The fraction of sp³-hybridized carbons (Fsp3) is 0.562. The van der Waals surface area contributed by atoms with Crippen LogP contribution in [0.3, 0.4) is 0 Å². The molecule has 3 heterocycles. The second-order valence-corrected chi connectivity index (χ2v) is 5.98. The highest BCUT2D eigenvalue weighted by atomic mass is 16.5. The monoisotopic (exact) mass is 320 g/mol. The van der Waals surface area contributed by atoms with Crippen molar-refractivity contribution >= 4 is 17.8 Å². The van der Waals surface area contributed by atoms with Crippen LogP contribution in [-0.2, 0) is 19.1 Å². The van der Waals surface area contributed by atoms with Crippen LogP contribution in [-0.4, -0.2) is 41.4 Å².